The van der Waals surface area contributed by atoms with Crippen LogP contribution in [-0.4, -0.2) is 5.11 Å². The number of benzene rings is 2. The van der Waals surface area contributed by atoms with Crippen LogP contribution in [0.2, 0.25) is 0 Å². The monoisotopic (exact) mass is 265 g/mol. The molecule has 1 heterocycles. The van der Waals surface area contributed by atoms with Crippen LogP contribution in [0.4, 0.5) is 5.88 Å². The maximum Gasteiger partial charge on any atom is 0.202 e. The quantitative estimate of drug-likeness (QED) is 0.729. The SMILES string of the molecule is Cc1cccc(-c2c(N)oc(-c3ccccc3)c2O)c1. The second-order valence-electron chi connectivity index (χ2n) is 4.75. The molecule has 3 aromatic rings. The molecule has 0 saturated heterocycles. The molecule has 100 valence electrons. The Balaban J connectivity index is 2.17. The van der Waals surface area contributed by atoms with Crippen molar-refractivity contribution in [2.24, 2.45) is 0 Å². The molecule has 0 atom stereocenters. The van der Waals surface area contributed by atoms with Crippen molar-refractivity contribution in [3.8, 4) is 28.2 Å². The first-order chi connectivity index (χ1) is 9.66. The molecule has 3 N–H and O–H groups in total. The van der Waals surface area contributed by atoms with Gasteiger partial charge in [0.15, 0.2) is 11.5 Å². The molecule has 0 amide bonds. The number of nitrogen functional groups attached to an aromatic ring is 1. The average molecular weight is 265 g/mol. The molecule has 0 saturated carbocycles. The first kappa shape index (κ1) is 12.4. The van der Waals surface area contributed by atoms with Crippen molar-refractivity contribution in [3.05, 3.63) is 60.2 Å². The highest BCUT2D eigenvalue weighted by Gasteiger charge is 2.20. The Morgan fingerprint density at radius 3 is 2.35 bits per heavy atom. The minimum atomic E-state index is 0.0827. The number of nitrogens with two attached hydrogens (primary N) is 1. The number of rotatable bonds is 2. The molecule has 3 heteroatoms. The average Bonchev–Trinajstić information content (AvgIpc) is 2.75. The van der Waals surface area contributed by atoms with Gasteiger partial charge in [-0.05, 0) is 12.5 Å². The first-order valence-corrected chi connectivity index (χ1v) is 6.40. The van der Waals surface area contributed by atoms with E-state index >= 15 is 0 Å². The van der Waals surface area contributed by atoms with E-state index in [0.717, 1.165) is 16.7 Å². The Labute approximate surface area is 117 Å². The van der Waals surface area contributed by atoms with Crippen molar-refractivity contribution in [3.63, 3.8) is 0 Å². The van der Waals surface area contributed by atoms with E-state index in [1.807, 2.05) is 61.5 Å². The maximum absolute atomic E-state index is 10.4. The zero-order chi connectivity index (χ0) is 14.1. The topological polar surface area (TPSA) is 59.4 Å². The summed E-state index contributed by atoms with van der Waals surface area (Å²) in [7, 11) is 0. The third-order valence-electron chi connectivity index (χ3n) is 3.25. The summed E-state index contributed by atoms with van der Waals surface area (Å²) in [6, 6.07) is 17.2. The minimum absolute atomic E-state index is 0.0827. The minimum Gasteiger partial charge on any atom is -0.504 e. The molecular weight excluding hydrogens is 250 g/mol. The van der Waals surface area contributed by atoms with Gasteiger partial charge in [0.1, 0.15) is 0 Å². The van der Waals surface area contributed by atoms with E-state index in [2.05, 4.69) is 0 Å². The van der Waals surface area contributed by atoms with Crippen molar-refractivity contribution >= 4 is 5.88 Å². The van der Waals surface area contributed by atoms with Gasteiger partial charge in [-0.15, -0.1) is 0 Å². The predicted molar refractivity (Wildman–Crippen MR) is 80.4 cm³/mol. The number of hydrogen-bond donors (Lipinski definition) is 2. The summed E-state index contributed by atoms with van der Waals surface area (Å²) in [5.74, 6) is 0.714. The lowest BCUT2D eigenvalue weighted by Crippen LogP contribution is -1.85. The van der Waals surface area contributed by atoms with Crippen LogP contribution < -0.4 is 5.73 Å². The summed E-state index contributed by atoms with van der Waals surface area (Å²) in [4.78, 5) is 0. The van der Waals surface area contributed by atoms with Gasteiger partial charge in [-0.25, -0.2) is 0 Å². The van der Waals surface area contributed by atoms with Crippen LogP contribution in [0.1, 0.15) is 5.56 Å². The summed E-state index contributed by atoms with van der Waals surface area (Å²) in [5.41, 5.74) is 9.24. The van der Waals surface area contributed by atoms with Crippen LogP contribution in [0.15, 0.2) is 59.0 Å². The van der Waals surface area contributed by atoms with E-state index in [1.165, 1.54) is 0 Å². The Morgan fingerprint density at radius 1 is 0.950 bits per heavy atom. The van der Waals surface area contributed by atoms with Crippen LogP contribution in [0, 0.1) is 6.92 Å². The van der Waals surface area contributed by atoms with E-state index in [0.29, 0.717) is 11.3 Å². The molecule has 0 spiro atoms. The predicted octanol–water partition coefficient (Wildman–Crippen LogP) is 4.21. The number of anilines is 1. The van der Waals surface area contributed by atoms with Gasteiger partial charge in [0.05, 0.1) is 5.56 Å². The molecule has 0 aliphatic heterocycles. The van der Waals surface area contributed by atoms with Crippen molar-refractivity contribution in [2.45, 2.75) is 6.92 Å². The molecule has 2 aromatic carbocycles. The van der Waals surface area contributed by atoms with Crippen molar-refractivity contribution in [2.75, 3.05) is 5.73 Å². The molecule has 0 fully saturated rings. The van der Waals surface area contributed by atoms with Crippen molar-refractivity contribution in [1.29, 1.82) is 0 Å². The molecule has 0 bridgehead atoms. The molecular formula is C17H15NO2. The van der Waals surface area contributed by atoms with E-state index in [1.54, 1.807) is 0 Å². The Hall–Kier alpha value is -2.68. The molecule has 0 unspecified atom stereocenters. The van der Waals surface area contributed by atoms with Gasteiger partial charge in [-0.3, -0.25) is 0 Å². The van der Waals surface area contributed by atoms with E-state index in [9.17, 15) is 5.11 Å². The fraction of sp³-hybridized carbons (Fsp3) is 0.0588. The fourth-order valence-electron chi connectivity index (χ4n) is 2.30. The molecule has 0 aliphatic carbocycles. The maximum atomic E-state index is 10.4. The smallest absolute Gasteiger partial charge is 0.202 e. The highest BCUT2D eigenvalue weighted by atomic mass is 16.4. The highest BCUT2D eigenvalue weighted by molar-refractivity contribution is 5.86. The molecule has 0 radical (unpaired) electrons. The molecule has 0 aliphatic rings. The lowest BCUT2D eigenvalue weighted by atomic mass is 10.0. The molecule has 1 aromatic heterocycles. The van der Waals surface area contributed by atoms with Gasteiger partial charge in [0.2, 0.25) is 5.88 Å². The highest BCUT2D eigenvalue weighted by Crippen LogP contribution is 2.44. The van der Waals surface area contributed by atoms with Crippen molar-refractivity contribution < 1.29 is 9.52 Å². The summed E-state index contributed by atoms with van der Waals surface area (Å²) in [6.45, 7) is 1.99. The number of aryl methyl sites for hydroxylation is 1. The Kier molecular flexibility index (Phi) is 2.95. The van der Waals surface area contributed by atoms with Crippen LogP contribution in [0.25, 0.3) is 22.5 Å². The largest absolute Gasteiger partial charge is 0.504 e. The lowest BCUT2D eigenvalue weighted by Gasteiger charge is -2.01. The van der Waals surface area contributed by atoms with Crippen molar-refractivity contribution in [1.82, 2.24) is 0 Å². The second kappa shape index (κ2) is 4.78. The first-order valence-electron chi connectivity index (χ1n) is 6.40. The molecule has 20 heavy (non-hydrogen) atoms. The number of furan rings is 1. The third kappa shape index (κ3) is 2.03. The van der Waals surface area contributed by atoms with Crippen LogP contribution in [0.3, 0.4) is 0 Å². The van der Waals surface area contributed by atoms with Gasteiger partial charge < -0.3 is 15.3 Å². The Morgan fingerprint density at radius 2 is 1.65 bits per heavy atom. The number of aromatic hydroxyl groups is 1. The standard InChI is InChI=1S/C17H15NO2/c1-11-6-5-9-13(10-11)14-15(19)16(20-17(14)18)12-7-3-2-4-8-12/h2-10,19H,18H2,1H3. The zero-order valence-corrected chi connectivity index (χ0v) is 11.1. The summed E-state index contributed by atoms with van der Waals surface area (Å²) < 4.78 is 5.55. The zero-order valence-electron chi connectivity index (χ0n) is 11.1. The van der Waals surface area contributed by atoms with Crippen LogP contribution >= 0.6 is 0 Å². The van der Waals surface area contributed by atoms with Gasteiger partial charge in [0, 0.05) is 5.56 Å². The van der Waals surface area contributed by atoms with E-state index < -0.39 is 0 Å². The fourth-order valence-corrected chi connectivity index (χ4v) is 2.30. The normalized spacial score (nSPS) is 10.7. The summed E-state index contributed by atoms with van der Waals surface area (Å²) in [6.07, 6.45) is 0. The second-order valence-corrected chi connectivity index (χ2v) is 4.75. The summed E-state index contributed by atoms with van der Waals surface area (Å²) >= 11 is 0. The molecule has 3 rings (SSSR count). The summed E-state index contributed by atoms with van der Waals surface area (Å²) in [5, 5.41) is 10.4. The van der Waals surface area contributed by atoms with E-state index in [-0.39, 0.29) is 11.6 Å². The lowest BCUT2D eigenvalue weighted by molar-refractivity contribution is 0.467. The molecule has 3 nitrogen and oxygen atoms in total. The van der Waals surface area contributed by atoms with Gasteiger partial charge in [0.25, 0.3) is 0 Å². The number of hydrogen-bond acceptors (Lipinski definition) is 3. The van der Waals surface area contributed by atoms with Gasteiger partial charge >= 0.3 is 0 Å². The van der Waals surface area contributed by atoms with E-state index in [4.69, 9.17) is 10.2 Å². The van der Waals surface area contributed by atoms with Crippen LogP contribution in [-0.2, 0) is 0 Å². The third-order valence-corrected chi connectivity index (χ3v) is 3.25. The van der Waals surface area contributed by atoms with Gasteiger partial charge in [-0.2, -0.15) is 0 Å². The van der Waals surface area contributed by atoms with Crippen LogP contribution in [0.5, 0.6) is 5.75 Å². The van der Waals surface area contributed by atoms with Gasteiger partial charge in [-0.1, -0.05) is 60.2 Å². The Bertz CT molecular complexity index is 745.